The van der Waals surface area contributed by atoms with Crippen molar-refractivity contribution in [2.24, 2.45) is 7.05 Å². The third-order valence-corrected chi connectivity index (χ3v) is 6.26. The van der Waals surface area contributed by atoms with E-state index in [-0.39, 0.29) is 35.7 Å². The number of amides is 1. The van der Waals surface area contributed by atoms with E-state index in [1.165, 1.54) is 14.0 Å². The van der Waals surface area contributed by atoms with E-state index in [2.05, 4.69) is 5.10 Å². The number of nitrogens with one attached hydrogen (secondary N) is 1. The van der Waals surface area contributed by atoms with Crippen LogP contribution in [-0.4, -0.2) is 30.0 Å². The fraction of sp³-hybridized carbons (Fsp3) is 0.250. The molecule has 162 valence electrons. The van der Waals surface area contributed by atoms with E-state index in [1.807, 2.05) is 50.2 Å². The molecule has 8 heteroatoms. The van der Waals surface area contributed by atoms with Crippen molar-refractivity contribution >= 4 is 11.6 Å². The minimum atomic E-state index is -0.381. The van der Waals surface area contributed by atoms with E-state index in [4.69, 9.17) is 4.98 Å². The molecule has 1 aromatic carbocycles. The summed E-state index contributed by atoms with van der Waals surface area (Å²) in [5.74, 6) is -0.381. The van der Waals surface area contributed by atoms with Crippen LogP contribution in [-0.2, 0) is 20.1 Å². The van der Waals surface area contributed by atoms with Gasteiger partial charge in [-0.1, -0.05) is 30.3 Å². The normalized spacial score (nSPS) is 13.1. The van der Waals surface area contributed by atoms with Gasteiger partial charge in [0.15, 0.2) is 5.65 Å². The number of hydrogen-bond acceptors (Lipinski definition) is 4. The summed E-state index contributed by atoms with van der Waals surface area (Å²) in [4.78, 5) is 45.6. The lowest BCUT2D eigenvalue weighted by molar-refractivity contribution is 0.0747. The first-order valence-corrected chi connectivity index (χ1v) is 10.4. The highest BCUT2D eigenvalue weighted by atomic mass is 16.2. The summed E-state index contributed by atoms with van der Waals surface area (Å²) in [6, 6.07) is 11.6. The van der Waals surface area contributed by atoms with Gasteiger partial charge in [0.1, 0.15) is 5.56 Å². The summed E-state index contributed by atoms with van der Waals surface area (Å²) in [5, 5.41) is 3.12. The van der Waals surface area contributed by atoms with E-state index in [0.29, 0.717) is 22.5 Å². The first-order valence-electron chi connectivity index (χ1n) is 10.4. The quantitative estimate of drug-likeness (QED) is 0.530. The number of aromatic amines is 1. The molecule has 0 saturated heterocycles. The van der Waals surface area contributed by atoms with Crippen LogP contribution in [0.2, 0.25) is 0 Å². The number of rotatable bonds is 2. The van der Waals surface area contributed by atoms with Crippen molar-refractivity contribution < 1.29 is 4.79 Å². The Balaban J connectivity index is 1.60. The first-order chi connectivity index (χ1) is 15.3. The van der Waals surface area contributed by atoms with Crippen LogP contribution in [0.1, 0.15) is 38.6 Å². The Labute approximate surface area is 183 Å². The highest BCUT2D eigenvalue weighted by Gasteiger charge is 2.32. The molecule has 32 heavy (non-hydrogen) atoms. The molecule has 1 aliphatic rings. The lowest BCUT2D eigenvalue weighted by atomic mass is 10.1. The second-order valence-electron chi connectivity index (χ2n) is 8.35. The molecule has 0 bridgehead atoms. The van der Waals surface area contributed by atoms with Gasteiger partial charge in [0, 0.05) is 24.0 Å². The molecule has 0 fully saturated rings. The van der Waals surface area contributed by atoms with Crippen LogP contribution in [0.4, 0.5) is 0 Å². The molecule has 1 N–H and O–H groups in total. The van der Waals surface area contributed by atoms with E-state index < -0.39 is 0 Å². The summed E-state index contributed by atoms with van der Waals surface area (Å²) in [6.07, 6.45) is 0. The molecule has 4 aromatic rings. The van der Waals surface area contributed by atoms with Gasteiger partial charge in [0.05, 0.1) is 24.3 Å². The Morgan fingerprint density at radius 2 is 1.75 bits per heavy atom. The van der Waals surface area contributed by atoms with Crippen LogP contribution in [0.25, 0.3) is 16.8 Å². The van der Waals surface area contributed by atoms with Crippen LogP contribution in [0.3, 0.4) is 0 Å². The smallest absolute Gasteiger partial charge is 0.278 e. The molecular weight excluding hydrogens is 406 g/mol. The number of nitrogens with zero attached hydrogens (tertiary/aromatic N) is 4. The fourth-order valence-corrected chi connectivity index (χ4v) is 4.47. The number of fused-ring (bicyclic) bond motifs is 2. The van der Waals surface area contributed by atoms with Crippen molar-refractivity contribution in [3.05, 3.63) is 90.9 Å². The van der Waals surface area contributed by atoms with Crippen molar-refractivity contribution in [3.8, 4) is 11.1 Å². The highest BCUT2D eigenvalue weighted by molar-refractivity contribution is 5.95. The minimum Gasteiger partial charge on any atom is -0.328 e. The molecule has 4 heterocycles. The van der Waals surface area contributed by atoms with Crippen LogP contribution >= 0.6 is 0 Å². The van der Waals surface area contributed by atoms with Crippen molar-refractivity contribution in [2.75, 3.05) is 0 Å². The Kier molecular flexibility index (Phi) is 4.40. The van der Waals surface area contributed by atoms with E-state index in [9.17, 15) is 14.4 Å². The number of carbonyl (C=O) groups excluding carboxylic acids is 1. The second kappa shape index (κ2) is 7.05. The molecule has 0 radical (unpaired) electrons. The SMILES string of the molecule is Cc1cc(C)n(C)c(=O)c1C(=O)N1Cc2nc3c(-c4ccccc4)c(C)[nH]n3c(=O)c2C1. The average Bonchev–Trinajstić information content (AvgIpc) is 3.34. The van der Waals surface area contributed by atoms with Gasteiger partial charge in [-0.05, 0) is 38.0 Å². The van der Waals surface area contributed by atoms with Crippen molar-refractivity contribution in [3.63, 3.8) is 0 Å². The zero-order valence-electron chi connectivity index (χ0n) is 18.4. The predicted octanol–water partition coefficient (Wildman–Crippen LogP) is 2.47. The van der Waals surface area contributed by atoms with Crippen LogP contribution < -0.4 is 11.1 Å². The van der Waals surface area contributed by atoms with Crippen molar-refractivity contribution in [1.29, 1.82) is 0 Å². The van der Waals surface area contributed by atoms with Gasteiger partial charge in [0.2, 0.25) is 0 Å². The number of pyridine rings is 1. The average molecular weight is 429 g/mol. The third kappa shape index (κ3) is 2.83. The summed E-state index contributed by atoms with van der Waals surface area (Å²) in [7, 11) is 1.65. The van der Waals surface area contributed by atoms with Crippen molar-refractivity contribution in [1.82, 2.24) is 24.1 Å². The largest absolute Gasteiger partial charge is 0.328 e. The van der Waals surface area contributed by atoms with Crippen LogP contribution in [0.5, 0.6) is 0 Å². The third-order valence-electron chi connectivity index (χ3n) is 6.26. The monoisotopic (exact) mass is 429 g/mol. The Hall–Kier alpha value is -3.94. The van der Waals surface area contributed by atoms with Gasteiger partial charge in [-0.15, -0.1) is 0 Å². The number of aryl methyl sites for hydroxylation is 3. The molecule has 0 saturated carbocycles. The maximum atomic E-state index is 13.3. The lowest BCUT2D eigenvalue weighted by Crippen LogP contribution is -2.35. The molecule has 0 unspecified atom stereocenters. The number of aromatic nitrogens is 4. The highest BCUT2D eigenvalue weighted by Crippen LogP contribution is 2.28. The molecule has 3 aromatic heterocycles. The van der Waals surface area contributed by atoms with Gasteiger partial charge in [-0.3, -0.25) is 19.5 Å². The topological polar surface area (TPSA) is 92.5 Å². The number of hydrogen-bond donors (Lipinski definition) is 1. The number of carbonyl (C=O) groups is 1. The zero-order chi connectivity index (χ0) is 22.7. The summed E-state index contributed by atoms with van der Waals surface area (Å²) in [5.41, 5.74) is 5.24. The minimum absolute atomic E-state index is 0.123. The molecule has 5 rings (SSSR count). The second-order valence-corrected chi connectivity index (χ2v) is 8.35. The first kappa shape index (κ1) is 20.0. The maximum Gasteiger partial charge on any atom is 0.278 e. The van der Waals surface area contributed by atoms with E-state index >= 15 is 0 Å². The Morgan fingerprint density at radius 3 is 2.47 bits per heavy atom. The zero-order valence-corrected chi connectivity index (χ0v) is 18.4. The maximum absolute atomic E-state index is 13.3. The van der Waals surface area contributed by atoms with E-state index in [1.54, 1.807) is 14.0 Å². The van der Waals surface area contributed by atoms with Crippen LogP contribution in [0.15, 0.2) is 46.0 Å². The van der Waals surface area contributed by atoms with Gasteiger partial charge < -0.3 is 9.47 Å². The molecule has 0 aliphatic carbocycles. The molecule has 0 spiro atoms. The van der Waals surface area contributed by atoms with Gasteiger partial charge in [-0.2, -0.15) is 0 Å². The lowest BCUT2D eigenvalue weighted by Gasteiger charge is -2.17. The van der Waals surface area contributed by atoms with E-state index in [0.717, 1.165) is 22.5 Å². The summed E-state index contributed by atoms with van der Waals surface area (Å²) < 4.78 is 2.91. The fourth-order valence-electron chi connectivity index (χ4n) is 4.47. The van der Waals surface area contributed by atoms with Gasteiger partial charge in [0.25, 0.3) is 17.0 Å². The predicted molar refractivity (Wildman–Crippen MR) is 121 cm³/mol. The molecule has 1 amide bonds. The Morgan fingerprint density at radius 1 is 1.03 bits per heavy atom. The molecular formula is C24H23N5O3. The number of benzene rings is 1. The molecule has 1 aliphatic heterocycles. The molecule has 8 nitrogen and oxygen atoms in total. The van der Waals surface area contributed by atoms with Crippen molar-refractivity contribution in [2.45, 2.75) is 33.9 Å². The van der Waals surface area contributed by atoms with Gasteiger partial charge >= 0.3 is 0 Å². The Bertz CT molecular complexity index is 1530. The summed E-state index contributed by atoms with van der Waals surface area (Å²) >= 11 is 0. The molecule has 0 atom stereocenters. The standard InChI is InChI=1S/C24H23N5O3/c1-13-10-14(2)27(4)23(31)19(13)24(32)28-11-17-18(12-28)25-21-20(16-8-6-5-7-9-16)15(3)26-29(21)22(17)30/h5-10,26H,11-12H2,1-4H3. The number of H-pyrrole nitrogens is 1. The van der Waals surface area contributed by atoms with Crippen LogP contribution in [0, 0.1) is 20.8 Å². The summed E-state index contributed by atoms with van der Waals surface area (Å²) in [6.45, 7) is 5.81. The van der Waals surface area contributed by atoms with Gasteiger partial charge in [-0.25, -0.2) is 9.50 Å².